The summed E-state index contributed by atoms with van der Waals surface area (Å²) in [5, 5.41) is 5.89. The fourth-order valence-corrected chi connectivity index (χ4v) is 4.53. The Labute approximate surface area is 204 Å². The van der Waals surface area contributed by atoms with Gasteiger partial charge in [-0.1, -0.05) is 54.6 Å². The highest BCUT2D eigenvalue weighted by atomic mass is 19.4. The lowest BCUT2D eigenvalue weighted by Gasteiger charge is -2.25. The van der Waals surface area contributed by atoms with Crippen LogP contribution in [0.3, 0.4) is 0 Å². The van der Waals surface area contributed by atoms with E-state index in [1.54, 1.807) is 12.1 Å². The minimum atomic E-state index is -4.59. The number of amides is 2. The molecule has 36 heavy (non-hydrogen) atoms. The molecule has 4 aromatic rings. The van der Waals surface area contributed by atoms with Crippen LogP contribution in [-0.2, 0) is 22.2 Å². The predicted molar refractivity (Wildman–Crippen MR) is 129 cm³/mol. The first-order valence-electron chi connectivity index (χ1n) is 11.6. The molecule has 0 bridgehead atoms. The Balaban J connectivity index is 1.34. The number of nitrogens with one attached hydrogen (secondary N) is 3. The van der Waals surface area contributed by atoms with E-state index in [9.17, 15) is 22.8 Å². The molecule has 0 aliphatic carbocycles. The van der Waals surface area contributed by atoms with Gasteiger partial charge >= 0.3 is 6.18 Å². The van der Waals surface area contributed by atoms with Crippen molar-refractivity contribution < 1.29 is 22.8 Å². The summed E-state index contributed by atoms with van der Waals surface area (Å²) in [7, 11) is 0. The Morgan fingerprint density at radius 3 is 2.56 bits per heavy atom. The number of nitrogens with zero attached hydrogens (tertiary/aromatic N) is 1. The molecule has 5 rings (SSSR count). The van der Waals surface area contributed by atoms with Crippen LogP contribution in [0, 0.1) is 5.92 Å². The molecule has 3 N–H and O–H groups in total. The molecule has 0 unspecified atom stereocenters. The van der Waals surface area contributed by atoms with Gasteiger partial charge < -0.3 is 15.6 Å². The van der Waals surface area contributed by atoms with E-state index in [0.29, 0.717) is 18.4 Å². The smallest absolute Gasteiger partial charge is 0.345 e. The topological polar surface area (TPSA) is 86.9 Å². The van der Waals surface area contributed by atoms with Crippen molar-refractivity contribution in [2.75, 3.05) is 5.32 Å². The number of benzene rings is 3. The largest absolute Gasteiger partial charge is 0.449 e. The lowest BCUT2D eigenvalue weighted by atomic mass is 9.89. The number of fused-ring (bicyclic) bond motifs is 2. The number of H-pyrrole nitrogens is 1. The quantitative estimate of drug-likeness (QED) is 0.338. The van der Waals surface area contributed by atoms with E-state index in [-0.39, 0.29) is 35.2 Å². The minimum Gasteiger partial charge on any atom is -0.345 e. The maximum atomic E-state index is 13.1. The van der Waals surface area contributed by atoms with Gasteiger partial charge in [0.05, 0.1) is 17.1 Å². The van der Waals surface area contributed by atoms with Crippen molar-refractivity contribution in [2.45, 2.75) is 31.5 Å². The second-order valence-corrected chi connectivity index (χ2v) is 8.86. The number of carbonyl (C=O) groups excluding carboxylic acids is 2. The Morgan fingerprint density at radius 1 is 1.03 bits per heavy atom. The van der Waals surface area contributed by atoms with Gasteiger partial charge in [-0.05, 0) is 47.7 Å². The van der Waals surface area contributed by atoms with E-state index >= 15 is 0 Å². The first-order valence-corrected chi connectivity index (χ1v) is 11.6. The summed E-state index contributed by atoms with van der Waals surface area (Å²) >= 11 is 0. The monoisotopic (exact) mass is 492 g/mol. The van der Waals surface area contributed by atoms with Crippen LogP contribution in [0.25, 0.3) is 11.0 Å². The summed E-state index contributed by atoms with van der Waals surface area (Å²) < 4.78 is 39.3. The minimum absolute atomic E-state index is 0.105. The van der Waals surface area contributed by atoms with Crippen LogP contribution in [0.2, 0.25) is 0 Å². The average Bonchev–Trinajstić information content (AvgIpc) is 3.31. The van der Waals surface area contributed by atoms with Gasteiger partial charge in [0, 0.05) is 18.0 Å². The van der Waals surface area contributed by atoms with Crippen LogP contribution in [0.5, 0.6) is 0 Å². The van der Waals surface area contributed by atoms with Crippen LogP contribution in [0.15, 0.2) is 72.8 Å². The van der Waals surface area contributed by atoms with Gasteiger partial charge in [-0.25, -0.2) is 4.98 Å². The van der Waals surface area contributed by atoms with Crippen molar-refractivity contribution in [3.05, 3.63) is 95.3 Å². The van der Waals surface area contributed by atoms with Crippen molar-refractivity contribution in [3.63, 3.8) is 0 Å². The number of rotatable bonds is 6. The maximum absolute atomic E-state index is 13.1. The average molecular weight is 493 g/mol. The Morgan fingerprint density at radius 2 is 1.78 bits per heavy atom. The number of aromatic nitrogens is 2. The molecule has 1 aromatic heterocycles. The molecule has 1 aliphatic rings. The van der Waals surface area contributed by atoms with Crippen LogP contribution >= 0.6 is 0 Å². The third kappa shape index (κ3) is 4.95. The number of anilines is 1. The molecular formula is C27H23F3N4O2. The van der Waals surface area contributed by atoms with Gasteiger partial charge in [0.1, 0.15) is 0 Å². The molecular weight excluding hydrogens is 469 g/mol. The molecule has 0 saturated heterocycles. The number of hydrogen-bond donors (Lipinski definition) is 3. The van der Waals surface area contributed by atoms with Crippen LogP contribution in [-0.4, -0.2) is 21.8 Å². The third-order valence-electron chi connectivity index (χ3n) is 6.38. The molecule has 0 spiro atoms. The van der Waals surface area contributed by atoms with Crippen molar-refractivity contribution in [1.82, 2.24) is 15.3 Å². The van der Waals surface area contributed by atoms with Crippen molar-refractivity contribution in [3.8, 4) is 0 Å². The number of halogens is 3. The van der Waals surface area contributed by atoms with Gasteiger partial charge in [-0.2, -0.15) is 13.2 Å². The molecule has 2 atom stereocenters. The summed E-state index contributed by atoms with van der Waals surface area (Å²) in [5.41, 5.74) is 3.65. The van der Waals surface area contributed by atoms with Crippen molar-refractivity contribution in [1.29, 1.82) is 0 Å². The van der Waals surface area contributed by atoms with E-state index in [1.807, 2.05) is 54.6 Å². The molecule has 2 heterocycles. The highest BCUT2D eigenvalue weighted by Crippen LogP contribution is 2.31. The molecule has 3 aromatic carbocycles. The SMILES string of the molecule is O=C(CC[C@@H]1Cc2ccccc2NC1=O)N[C@@H](c1ccccc1)c1ccc2nc(C(F)(F)F)[nH]c2c1. The Kier molecular flexibility index (Phi) is 6.22. The normalized spacial score (nSPS) is 16.3. The van der Waals surface area contributed by atoms with Gasteiger partial charge in [-0.15, -0.1) is 0 Å². The summed E-state index contributed by atoms with van der Waals surface area (Å²) in [6.45, 7) is 0. The number of hydrogen-bond acceptors (Lipinski definition) is 3. The standard InChI is InChI=1S/C27H23F3N4O2/c28-27(29,30)26-32-21-12-10-18(15-22(21)33-26)24(16-6-2-1-3-7-16)34-23(35)13-11-19-14-17-8-4-5-9-20(17)31-25(19)36/h1-10,12,15,19,24H,11,13-14H2,(H,31,36)(H,32,33)(H,34,35)/t19-,24+/m1/s1. The fourth-order valence-electron chi connectivity index (χ4n) is 4.53. The number of aromatic amines is 1. The summed E-state index contributed by atoms with van der Waals surface area (Å²) in [6.07, 6.45) is -3.51. The lowest BCUT2D eigenvalue weighted by Crippen LogP contribution is -2.33. The summed E-state index contributed by atoms with van der Waals surface area (Å²) in [4.78, 5) is 31.4. The molecule has 2 amide bonds. The maximum Gasteiger partial charge on any atom is 0.449 e. The molecule has 0 radical (unpaired) electrons. The molecule has 0 saturated carbocycles. The fraction of sp³-hybridized carbons (Fsp3) is 0.222. The highest BCUT2D eigenvalue weighted by molar-refractivity contribution is 5.96. The van der Waals surface area contributed by atoms with E-state index in [1.165, 1.54) is 6.07 Å². The molecule has 1 aliphatic heterocycles. The molecule has 6 nitrogen and oxygen atoms in total. The number of imidazole rings is 1. The zero-order valence-corrected chi connectivity index (χ0v) is 19.1. The van der Waals surface area contributed by atoms with Crippen LogP contribution in [0.4, 0.5) is 18.9 Å². The van der Waals surface area contributed by atoms with Crippen molar-refractivity contribution in [2.24, 2.45) is 5.92 Å². The zero-order valence-electron chi connectivity index (χ0n) is 19.1. The Bertz CT molecular complexity index is 1420. The third-order valence-corrected chi connectivity index (χ3v) is 6.38. The van der Waals surface area contributed by atoms with Gasteiger partial charge in [0.25, 0.3) is 0 Å². The van der Waals surface area contributed by atoms with Crippen LogP contribution in [0.1, 0.15) is 41.4 Å². The van der Waals surface area contributed by atoms with Gasteiger partial charge in [0.2, 0.25) is 17.6 Å². The van der Waals surface area contributed by atoms with E-state index in [2.05, 4.69) is 20.6 Å². The zero-order chi connectivity index (χ0) is 25.3. The summed E-state index contributed by atoms with van der Waals surface area (Å²) in [6, 6.07) is 20.9. The number of alkyl halides is 3. The molecule has 9 heteroatoms. The van der Waals surface area contributed by atoms with Gasteiger partial charge in [0.15, 0.2) is 0 Å². The first-order chi connectivity index (χ1) is 17.3. The van der Waals surface area contributed by atoms with E-state index < -0.39 is 18.0 Å². The lowest BCUT2D eigenvalue weighted by molar-refractivity contribution is -0.144. The van der Waals surface area contributed by atoms with E-state index in [4.69, 9.17) is 0 Å². The second kappa shape index (κ2) is 9.49. The predicted octanol–water partition coefficient (Wildman–Crippen LogP) is 5.38. The number of para-hydroxylation sites is 1. The molecule has 184 valence electrons. The number of carbonyl (C=O) groups is 2. The van der Waals surface area contributed by atoms with Gasteiger partial charge in [-0.3, -0.25) is 9.59 Å². The Hall–Kier alpha value is -4.14. The second-order valence-electron chi connectivity index (χ2n) is 8.86. The summed E-state index contributed by atoms with van der Waals surface area (Å²) in [5.74, 6) is -1.74. The van der Waals surface area contributed by atoms with Crippen LogP contribution < -0.4 is 10.6 Å². The van der Waals surface area contributed by atoms with E-state index in [0.717, 1.165) is 16.8 Å². The van der Waals surface area contributed by atoms with Crippen molar-refractivity contribution >= 4 is 28.5 Å². The highest BCUT2D eigenvalue weighted by Gasteiger charge is 2.35. The first kappa shape index (κ1) is 23.6. The molecule has 0 fully saturated rings.